The molecule has 0 fully saturated rings. The van der Waals surface area contributed by atoms with E-state index in [2.05, 4.69) is 29.0 Å². The molecule has 2 rings (SSSR count). The topological polar surface area (TPSA) is 128 Å². The zero-order valence-electron chi connectivity index (χ0n) is 18.1. The molecule has 0 spiro atoms. The van der Waals surface area contributed by atoms with Crippen molar-refractivity contribution >= 4 is 23.4 Å². The van der Waals surface area contributed by atoms with Crippen molar-refractivity contribution in [3.63, 3.8) is 0 Å². The molecule has 2 aromatic carbocycles. The van der Waals surface area contributed by atoms with E-state index in [1.165, 1.54) is 31.2 Å². The summed E-state index contributed by atoms with van der Waals surface area (Å²) in [7, 11) is 0. The molecule has 0 aromatic heterocycles. The molecule has 34 heavy (non-hydrogen) atoms. The third-order valence-electron chi connectivity index (χ3n) is 4.50. The zero-order valence-corrected chi connectivity index (χ0v) is 18.1. The lowest BCUT2D eigenvalue weighted by molar-refractivity contribution is -0.149. The molecular formula is C24H21F2N3O5. The average molecular weight is 469 g/mol. The minimum atomic E-state index is -3.37. The Bertz CT molecular complexity index is 1170. The number of nitrogens with one attached hydrogen (secondary N) is 3. The van der Waals surface area contributed by atoms with E-state index in [0.29, 0.717) is 23.7 Å². The number of amides is 3. The van der Waals surface area contributed by atoms with E-state index >= 15 is 0 Å². The predicted molar refractivity (Wildman–Crippen MR) is 119 cm³/mol. The minimum absolute atomic E-state index is 0.0108. The summed E-state index contributed by atoms with van der Waals surface area (Å²) >= 11 is 0. The van der Waals surface area contributed by atoms with E-state index in [0.717, 1.165) is 5.48 Å². The monoisotopic (exact) mass is 469 g/mol. The molecule has 10 heteroatoms. The van der Waals surface area contributed by atoms with E-state index in [9.17, 15) is 28.3 Å². The Morgan fingerprint density at radius 1 is 0.941 bits per heavy atom. The molecule has 0 saturated heterocycles. The van der Waals surface area contributed by atoms with Crippen LogP contribution in [-0.4, -0.2) is 46.1 Å². The van der Waals surface area contributed by atoms with Gasteiger partial charge in [0.2, 0.25) is 5.91 Å². The molecule has 3 amide bonds. The summed E-state index contributed by atoms with van der Waals surface area (Å²) in [6, 6.07) is 10.4. The first-order valence-electron chi connectivity index (χ1n) is 9.79. The average Bonchev–Trinajstić information content (AvgIpc) is 2.80. The molecule has 5 N–H and O–H groups in total. The van der Waals surface area contributed by atoms with Gasteiger partial charge in [0.05, 0.1) is 0 Å². The second kappa shape index (κ2) is 11.6. The van der Waals surface area contributed by atoms with Gasteiger partial charge >= 0.3 is 0 Å². The van der Waals surface area contributed by atoms with Crippen LogP contribution in [-0.2, 0) is 9.59 Å². The van der Waals surface area contributed by atoms with Crippen LogP contribution in [0.15, 0.2) is 48.5 Å². The van der Waals surface area contributed by atoms with Gasteiger partial charge in [0.1, 0.15) is 6.04 Å². The van der Waals surface area contributed by atoms with Crippen molar-refractivity contribution in [1.82, 2.24) is 10.8 Å². The molecule has 0 aliphatic carbocycles. The van der Waals surface area contributed by atoms with Crippen molar-refractivity contribution in [3.8, 4) is 23.7 Å². The van der Waals surface area contributed by atoms with Gasteiger partial charge in [-0.1, -0.05) is 11.8 Å². The maximum atomic E-state index is 13.1. The summed E-state index contributed by atoms with van der Waals surface area (Å²) in [6.07, 6.45) is -3.37. The predicted octanol–water partition coefficient (Wildman–Crippen LogP) is 1.67. The van der Waals surface area contributed by atoms with Gasteiger partial charge in [0.25, 0.3) is 18.2 Å². The van der Waals surface area contributed by atoms with Gasteiger partial charge in [-0.15, -0.1) is 0 Å². The third kappa shape index (κ3) is 7.14. The van der Waals surface area contributed by atoms with Gasteiger partial charge < -0.3 is 15.7 Å². The Hall–Kier alpha value is -4.25. The van der Waals surface area contributed by atoms with Crippen molar-refractivity contribution in [3.05, 3.63) is 65.2 Å². The summed E-state index contributed by atoms with van der Waals surface area (Å²) in [4.78, 5) is 35.0. The lowest BCUT2D eigenvalue weighted by Crippen LogP contribution is -2.61. The molecule has 8 nitrogen and oxygen atoms in total. The summed E-state index contributed by atoms with van der Waals surface area (Å²) in [5, 5.41) is 23.2. The van der Waals surface area contributed by atoms with Crippen molar-refractivity contribution < 1.29 is 33.5 Å². The molecule has 0 radical (unpaired) electrons. The lowest BCUT2D eigenvalue weighted by atomic mass is 9.95. The number of hydrogen-bond donors (Lipinski definition) is 5. The highest BCUT2D eigenvalue weighted by Gasteiger charge is 2.46. The van der Waals surface area contributed by atoms with Gasteiger partial charge in [-0.3, -0.25) is 19.6 Å². The number of benzene rings is 2. The molecule has 0 heterocycles. The number of carbonyl (C=O) groups excluding carboxylic acids is 3. The number of hydrogen-bond acceptors (Lipinski definition) is 5. The van der Waals surface area contributed by atoms with E-state index in [-0.39, 0.29) is 11.5 Å². The zero-order chi connectivity index (χ0) is 25.3. The lowest BCUT2D eigenvalue weighted by Gasteiger charge is -2.30. The Morgan fingerprint density at radius 2 is 1.44 bits per heavy atom. The van der Waals surface area contributed by atoms with Crippen molar-refractivity contribution in [2.75, 3.05) is 5.32 Å². The number of alkyl halides is 2. The van der Waals surface area contributed by atoms with Gasteiger partial charge in [-0.05, 0) is 67.3 Å². The number of carbonyl (C=O) groups is 3. The molecule has 0 aliphatic heterocycles. The summed E-state index contributed by atoms with van der Waals surface area (Å²) < 4.78 is 26.2. The van der Waals surface area contributed by atoms with Crippen LogP contribution in [0.25, 0.3) is 0 Å². The smallest absolute Gasteiger partial charge is 0.269 e. The summed E-state index contributed by atoms with van der Waals surface area (Å²) in [6.45, 7) is 2.07. The number of anilines is 1. The number of halogens is 2. The highest BCUT2D eigenvalue weighted by atomic mass is 19.3. The molecule has 2 unspecified atom stereocenters. The second-order valence-corrected chi connectivity index (χ2v) is 7.24. The molecule has 2 aromatic rings. The molecule has 2 atom stereocenters. The normalized spacial score (nSPS) is 12.7. The van der Waals surface area contributed by atoms with Crippen LogP contribution in [0.4, 0.5) is 14.5 Å². The fourth-order valence-electron chi connectivity index (χ4n) is 2.63. The van der Waals surface area contributed by atoms with Crippen LogP contribution in [0, 0.1) is 23.7 Å². The first kappa shape index (κ1) is 26.0. The van der Waals surface area contributed by atoms with Gasteiger partial charge in [-0.25, -0.2) is 14.3 Å². The van der Waals surface area contributed by atoms with Crippen LogP contribution in [0.3, 0.4) is 0 Å². The largest absolute Gasteiger partial charge is 0.381 e. The highest BCUT2D eigenvalue weighted by molar-refractivity contribution is 5.98. The standard InChI is InChI=1S/C24H21F2N3O5/c1-15(30)27-19-13-9-17(10-14-19)6-4-3-5-16-7-11-18(12-8-16)21(31)28-20(22(32)29-34)24(2,33)23(25)26/h7-14,20,23,33-34H,1-2H3,(H,27,30)(H,28,31)(H,29,32). The second-order valence-electron chi connectivity index (χ2n) is 7.24. The van der Waals surface area contributed by atoms with E-state index in [1.807, 2.05) is 5.32 Å². The van der Waals surface area contributed by atoms with Crippen LogP contribution < -0.4 is 16.1 Å². The maximum Gasteiger partial charge on any atom is 0.269 e. The van der Waals surface area contributed by atoms with Crippen LogP contribution in [0.1, 0.15) is 35.3 Å². The first-order valence-corrected chi connectivity index (χ1v) is 9.79. The Kier molecular flexibility index (Phi) is 8.85. The van der Waals surface area contributed by atoms with E-state index < -0.39 is 29.9 Å². The van der Waals surface area contributed by atoms with Crippen LogP contribution in [0.2, 0.25) is 0 Å². The quantitative estimate of drug-likeness (QED) is 0.250. The first-order chi connectivity index (χ1) is 16.0. The van der Waals surface area contributed by atoms with Gasteiger partial charge in [0, 0.05) is 29.3 Å². The fourth-order valence-corrected chi connectivity index (χ4v) is 2.63. The Balaban J connectivity index is 2.06. The van der Waals surface area contributed by atoms with E-state index in [1.54, 1.807) is 24.3 Å². The Morgan fingerprint density at radius 3 is 1.88 bits per heavy atom. The van der Waals surface area contributed by atoms with Crippen molar-refractivity contribution in [2.45, 2.75) is 31.9 Å². The summed E-state index contributed by atoms with van der Waals surface area (Å²) in [5.41, 5.74) is 0.0879. The fraction of sp³-hybridized carbons (Fsp3) is 0.208. The van der Waals surface area contributed by atoms with Crippen LogP contribution in [0.5, 0.6) is 0 Å². The highest BCUT2D eigenvalue weighted by Crippen LogP contribution is 2.20. The SMILES string of the molecule is CC(=O)Nc1ccc(C#CC#Cc2ccc(C(=O)NC(C(=O)NO)C(C)(O)C(F)F)cc2)cc1. The molecule has 0 saturated carbocycles. The maximum absolute atomic E-state index is 13.1. The van der Waals surface area contributed by atoms with Crippen molar-refractivity contribution in [2.24, 2.45) is 0 Å². The number of rotatable bonds is 6. The summed E-state index contributed by atoms with van der Waals surface area (Å²) in [5.74, 6) is 8.45. The van der Waals surface area contributed by atoms with E-state index in [4.69, 9.17) is 5.21 Å². The molecule has 0 bridgehead atoms. The molecular weight excluding hydrogens is 448 g/mol. The number of hydroxylamine groups is 1. The van der Waals surface area contributed by atoms with Gasteiger partial charge in [-0.2, -0.15) is 0 Å². The molecule has 176 valence electrons. The van der Waals surface area contributed by atoms with Gasteiger partial charge in [0.15, 0.2) is 5.60 Å². The molecule has 0 aliphatic rings. The third-order valence-corrected chi connectivity index (χ3v) is 4.50. The minimum Gasteiger partial charge on any atom is -0.381 e. The van der Waals surface area contributed by atoms with Crippen molar-refractivity contribution in [1.29, 1.82) is 0 Å². The Labute approximate surface area is 194 Å². The van der Waals surface area contributed by atoms with Crippen LogP contribution >= 0.6 is 0 Å². The number of aliphatic hydroxyl groups is 1.